The average Bonchev–Trinajstić information content (AvgIpc) is 2.74. The van der Waals surface area contributed by atoms with Crippen molar-refractivity contribution >= 4 is 11.3 Å². The summed E-state index contributed by atoms with van der Waals surface area (Å²) in [6, 6.07) is 0.348. The van der Waals surface area contributed by atoms with Crippen molar-refractivity contribution in [2.45, 2.75) is 46.6 Å². The van der Waals surface area contributed by atoms with E-state index in [4.69, 9.17) is 5.73 Å². The first-order chi connectivity index (χ1) is 8.52. The molecular weight excluding hydrogens is 242 g/mol. The quantitative estimate of drug-likeness (QED) is 0.762. The van der Waals surface area contributed by atoms with Crippen molar-refractivity contribution < 1.29 is 0 Å². The summed E-state index contributed by atoms with van der Waals surface area (Å²) >= 11 is 1.77. The average molecular weight is 269 g/mol. The maximum Gasteiger partial charge on any atom is 0.109 e. The van der Waals surface area contributed by atoms with Gasteiger partial charge in [-0.05, 0) is 51.6 Å². The van der Waals surface area contributed by atoms with Gasteiger partial charge in [0.25, 0.3) is 0 Å². The Balaban J connectivity index is 2.28. The number of nitrogens with one attached hydrogen (secondary N) is 1. The molecule has 0 saturated heterocycles. The Morgan fingerprint density at radius 3 is 2.61 bits per heavy atom. The number of hydrogen-bond acceptors (Lipinski definition) is 4. The van der Waals surface area contributed by atoms with E-state index in [0.29, 0.717) is 12.0 Å². The van der Waals surface area contributed by atoms with Gasteiger partial charge in [-0.1, -0.05) is 13.8 Å². The molecule has 0 aromatic carbocycles. The maximum absolute atomic E-state index is 5.81. The summed E-state index contributed by atoms with van der Waals surface area (Å²) in [5, 5.41) is 4.72. The Labute approximate surface area is 115 Å². The molecule has 2 atom stereocenters. The standard InChI is InChI=1S/C14H27N3S/c1-10(2)7-13(8-15)5-6-16-12(4)14-17-9-11(3)18-14/h9-10,12-13,16H,5-8,15H2,1-4H3. The van der Waals surface area contributed by atoms with Crippen LogP contribution in [0.4, 0.5) is 0 Å². The SMILES string of the molecule is Cc1cnc(C(C)NCCC(CN)CC(C)C)s1. The lowest BCUT2D eigenvalue weighted by molar-refractivity contribution is 0.378. The van der Waals surface area contributed by atoms with Crippen LogP contribution in [0.2, 0.25) is 0 Å². The third-order valence-corrected chi connectivity index (χ3v) is 4.25. The predicted octanol–water partition coefficient (Wildman–Crippen LogP) is 3.11. The van der Waals surface area contributed by atoms with Crippen LogP contribution in [0, 0.1) is 18.8 Å². The summed E-state index contributed by atoms with van der Waals surface area (Å²) in [6.45, 7) is 10.6. The molecule has 0 spiro atoms. The molecule has 2 unspecified atom stereocenters. The number of thiazole rings is 1. The van der Waals surface area contributed by atoms with Crippen LogP contribution in [0.1, 0.15) is 49.5 Å². The van der Waals surface area contributed by atoms with Gasteiger partial charge in [0.15, 0.2) is 0 Å². The maximum atomic E-state index is 5.81. The van der Waals surface area contributed by atoms with Crippen LogP contribution in [-0.2, 0) is 0 Å². The van der Waals surface area contributed by atoms with Crippen molar-refractivity contribution in [3.8, 4) is 0 Å². The van der Waals surface area contributed by atoms with Gasteiger partial charge < -0.3 is 11.1 Å². The molecule has 104 valence electrons. The lowest BCUT2D eigenvalue weighted by atomic mass is 9.94. The Kier molecular flexibility index (Phi) is 6.82. The zero-order chi connectivity index (χ0) is 13.5. The van der Waals surface area contributed by atoms with Gasteiger partial charge in [-0.3, -0.25) is 0 Å². The van der Waals surface area contributed by atoms with Gasteiger partial charge in [0, 0.05) is 11.1 Å². The van der Waals surface area contributed by atoms with E-state index in [1.807, 2.05) is 6.20 Å². The third-order valence-electron chi connectivity index (χ3n) is 3.15. The second kappa shape index (κ2) is 7.87. The van der Waals surface area contributed by atoms with E-state index in [1.165, 1.54) is 16.3 Å². The third kappa shape index (κ3) is 5.46. The van der Waals surface area contributed by atoms with E-state index in [2.05, 4.69) is 38.0 Å². The van der Waals surface area contributed by atoms with Crippen molar-refractivity contribution in [2.24, 2.45) is 17.6 Å². The van der Waals surface area contributed by atoms with Gasteiger partial charge in [-0.15, -0.1) is 11.3 Å². The van der Waals surface area contributed by atoms with Crippen molar-refractivity contribution in [3.05, 3.63) is 16.1 Å². The molecule has 1 aromatic heterocycles. The number of nitrogens with zero attached hydrogens (tertiary/aromatic N) is 1. The number of rotatable bonds is 8. The number of aryl methyl sites for hydroxylation is 1. The van der Waals surface area contributed by atoms with Crippen molar-refractivity contribution in [1.29, 1.82) is 0 Å². The van der Waals surface area contributed by atoms with Crippen LogP contribution < -0.4 is 11.1 Å². The fourth-order valence-corrected chi connectivity index (χ4v) is 2.96. The Morgan fingerprint density at radius 1 is 1.39 bits per heavy atom. The van der Waals surface area contributed by atoms with E-state index in [0.717, 1.165) is 25.4 Å². The highest BCUT2D eigenvalue weighted by Crippen LogP contribution is 2.19. The Bertz CT molecular complexity index is 336. The summed E-state index contributed by atoms with van der Waals surface area (Å²) in [4.78, 5) is 5.69. The van der Waals surface area contributed by atoms with Crippen LogP contribution >= 0.6 is 11.3 Å². The van der Waals surface area contributed by atoms with Gasteiger partial charge >= 0.3 is 0 Å². The molecule has 1 rings (SSSR count). The van der Waals surface area contributed by atoms with Crippen LogP contribution in [-0.4, -0.2) is 18.1 Å². The molecule has 3 N–H and O–H groups in total. The van der Waals surface area contributed by atoms with Gasteiger partial charge in [0.1, 0.15) is 5.01 Å². The van der Waals surface area contributed by atoms with E-state index in [9.17, 15) is 0 Å². The fraction of sp³-hybridized carbons (Fsp3) is 0.786. The second-order valence-corrected chi connectivity index (χ2v) is 6.77. The predicted molar refractivity (Wildman–Crippen MR) is 79.9 cm³/mol. The topological polar surface area (TPSA) is 50.9 Å². The normalized spacial score (nSPS) is 15.0. The van der Waals surface area contributed by atoms with Gasteiger partial charge in [0.2, 0.25) is 0 Å². The summed E-state index contributed by atoms with van der Waals surface area (Å²) in [5.74, 6) is 1.38. The zero-order valence-corrected chi connectivity index (χ0v) is 12.9. The molecule has 0 bridgehead atoms. The van der Waals surface area contributed by atoms with E-state index in [1.54, 1.807) is 11.3 Å². The Hall–Kier alpha value is -0.450. The smallest absolute Gasteiger partial charge is 0.109 e. The minimum atomic E-state index is 0.348. The minimum Gasteiger partial charge on any atom is -0.330 e. The van der Waals surface area contributed by atoms with Crippen molar-refractivity contribution in [3.63, 3.8) is 0 Å². The van der Waals surface area contributed by atoms with Crippen molar-refractivity contribution in [2.75, 3.05) is 13.1 Å². The second-order valence-electron chi connectivity index (χ2n) is 5.50. The van der Waals surface area contributed by atoms with E-state index >= 15 is 0 Å². The highest BCUT2D eigenvalue weighted by atomic mass is 32.1. The Morgan fingerprint density at radius 2 is 2.11 bits per heavy atom. The zero-order valence-electron chi connectivity index (χ0n) is 12.1. The summed E-state index contributed by atoms with van der Waals surface area (Å²) in [5.41, 5.74) is 5.81. The highest BCUT2D eigenvalue weighted by molar-refractivity contribution is 7.11. The molecule has 1 aromatic rings. The van der Waals surface area contributed by atoms with Crippen LogP contribution in [0.15, 0.2) is 6.20 Å². The van der Waals surface area contributed by atoms with Gasteiger partial charge in [0.05, 0.1) is 6.04 Å². The van der Waals surface area contributed by atoms with Crippen LogP contribution in [0.3, 0.4) is 0 Å². The molecule has 0 radical (unpaired) electrons. The number of hydrogen-bond donors (Lipinski definition) is 2. The molecule has 0 aliphatic heterocycles. The molecule has 0 fully saturated rings. The summed E-state index contributed by atoms with van der Waals surface area (Å²) in [6.07, 6.45) is 4.33. The van der Waals surface area contributed by atoms with Crippen molar-refractivity contribution in [1.82, 2.24) is 10.3 Å². The molecule has 18 heavy (non-hydrogen) atoms. The van der Waals surface area contributed by atoms with E-state index in [-0.39, 0.29) is 0 Å². The molecule has 0 amide bonds. The molecule has 3 nitrogen and oxygen atoms in total. The lowest BCUT2D eigenvalue weighted by Crippen LogP contribution is -2.25. The monoisotopic (exact) mass is 269 g/mol. The van der Waals surface area contributed by atoms with Gasteiger partial charge in [-0.25, -0.2) is 4.98 Å². The number of aromatic nitrogens is 1. The van der Waals surface area contributed by atoms with Gasteiger partial charge in [-0.2, -0.15) is 0 Å². The minimum absolute atomic E-state index is 0.348. The van der Waals surface area contributed by atoms with Crippen LogP contribution in [0.5, 0.6) is 0 Å². The number of nitrogens with two attached hydrogens (primary N) is 1. The molecular formula is C14H27N3S. The first-order valence-electron chi connectivity index (χ1n) is 6.88. The summed E-state index contributed by atoms with van der Waals surface area (Å²) in [7, 11) is 0. The molecule has 0 aliphatic rings. The highest BCUT2D eigenvalue weighted by Gasteiger charge is 2.12. The largest absolute Gasteiger partial charge is 0.330 e. The molecule has 0 saturated carbocycles. The van der Waals surface area contributed by atoms with Crippen LogP contribution in [0.25, 0.3) is 0 Å². The molecule has 4 heteroatoms. The summed E-state index contributed by atoms with van der Waals surface area (Å²) < 4.78 is 0. The van der Waals surface area contributed by atoms with E-state index < -0.39 is 0 Å². The first kappa shape index (κ1) is 15.6. The fourth-order valence-electron chi connectivity index (χ4n) is 2.16. The molecule has 1 heterocycles. The molecule has 0 aliphatic carbocycles. The first-order valence-corrected chi connectivity index (χ1v) is 7.70. The lowest BCUT2D eigenvalue weighted by Gasteiger charge is -2.18.